The van der Waals surface area contributed by atoms with Crippen LogP contribution in [0.3, 0.4) is 0 Å². The summed E-state index contributed by atoms with van der Waals surface area (Å²) in [6.07, 6.45) is 0. The molecule has 2 rings (SSSR count). The Bertz CT molecular complexity index is 644. The fraction of sp³-hybridized carbons (Fsp3) is 0.308. The topological polar surface area (TPSA) is 32.9 Å². The van der Waals surface area contributed by atoms with E-state index in [0.29, 0.717) is 15.4 Å². The van der Waals surface area contributed by atoms with Crippen molar-refractivity contribution in [2.75, 3.05) is 0 Å². The van der Waals surface area contributed by atoms with Crippen molar-refractivity contribution in [3.8, 4) is 0 Å². The Hall–Kier alpha value is -0.990. The Labute approximate surface area is 110 Å². The molecule has 2 aromatic rings. The van der Waals surface area contributed by atoms with Crippen LogP contribution in [0.4, 0.5) is 0 Å². The van der Waals surface area contributed by atoms with Crippen LogP contribution in [0.5, 0.6) is 0 Å². The van der Waals surface area contributed by atoms with Gasteiger partial charge in [-0.15, -0.1) is 0 Å². The number of hydrogen-bond donors (Lipinski definition) is 1. The zero-order chi connectivity index (χ0) is 12.7. The number of H-pyrrole nitrogens is 1. The van der Waals surface area contributed by atoms with Gasteiger partial charge in [-0.05, 0) is 25.0 Å². The highest BCUT2D eigenvalue weighted by molar-refractivity contribution is 6.42. The van der Waals surface area contributed by atoms with Crippen molar-refractivity contribution in [3.63, 3.8) is 0 Å². The predicted octanol–water partition coefficient (Wildman–Crippen LogP) is 4.27. The van der Waals surface area contributed by atoms with E-state index in [1.807, 2.05) is 20.8 Å². The Balaban J connectivity index is 2.91. The van der Waals surface area contributed by atoms with Crippen molar-refractivity contribution in [1.82, 2.24) is 4.98 Å². The first-order chi connectivity index (χ1) is 7.91. The zero-order valence-corrected chi connectivity index (χ0v) is 11.4. The van der Waals surface area contributed by atoms with E-state index in [2.05, 4.69) is 4.98 Å². The van der Waals surface area contributed by atoms with E-state index in [1.165, 1.54) is 0 Å². The number of nitrogens with one attached hydrogen (secondary N) is 1. The molecule has 0 bridgehead atoms. The molecule has 1 heterocycles. The zero-order valence-electron chi connectivity index (χ0n) is 9.90. The lowest BCUT2D eigenvalue weighted by atomic mass is 10.0. The molecule has 0 atom stereocenters. The van der Waals surface area contributed by atoms with Crippen LogP contribution in [-0.4, -0.2) is 4.98 Å². The van der Waals surface area contributed by atoms with Gasteiger partial charge >= 0.3 is 0 Å². The van der Waals surface area contributed by atoms with Crippen molar-refractivity contribution < 1.29 is 0 Å². The SMILES string of the molecule is Cc1c(C(C)C)[nH]c2cc(Cl)c(Cl)cc2c1=O. The molecule has 0 spiro atoms. The van der Waals surface area contributed by atoms with Crippen LogP contribution in [0, 0.1) is 6.92 Å². The summed E-state index contributed by atoms with van der Waals surface area (Å²) < 4.78 is 0. The third-order valence-corrected chi connectivity index (χ3v) is 3.62. The van der Waals surface area contributed by atoms with E-state index < -0.39 is 0 Å². The van der Waals surface area contributed by atoms with Gasteiger partial charge < -0.3 is 4.98 Å². The normalized spacial score (nSPS) is 11.4. The molecule has 2 nitrogen and oxygen atoms in total. The van der Waals surface area contributed by atoms with E-state index in [0.717, 1.165) is 16.8 Å². The van der Waals surface area contributed by atoms with Crippen LogP contribution in [0.2, 0.25) is 10.0 Å². The molecule has 90 valence electrons. The van der Waals surface area contributed by atoms with Crippen LogP contribution in [0.1, 0.15) is 31.0 Å². The molecule has 1 N–H and O–H groups in total. The van der Waals surface area contributed by atoms with E-state index in [1.54, 1.807) is 12.1 Å². The summed E-state index contributed by atoms with van der Waals surface area (Å²) in [5, 5.41) is 1.44. The van der Waals surface area contributed by atoms with Crippen molar-refractivity contribution in [1.29, 1.82) is 0 Å². The lowest BCUT2D eigenvalue weighted by Gasteiger charge is -2.11. The maximum absolute atomic E-state index is 12.2. The molecule has 17 heavy (non-hydrogen) atoms. The fourth-order valence-corrected chi connectivity index (χ4v) is 2.31. The highest BCUT2D eigenvalue weighted by Crippen LogP contribution is 2.27. The molecule has 0 saturated carbocycles. The van der Waals surface area contributed by atoms with Crippen molar-refractivity contribution in [2.24, 2.45) is 0 Å². The quantitative estimate of drug-likeness (QED) is 0.824. The number of aromatic nitrogens is 1. The van der Waals surface area contributed by atoms with Gasteiger partial charge in [-0.1, -0.05) is 37.0 Å². The average Bonchev–Trinajstić information content (AvgIpc) is 2.26. The molecule has 0 aliphatic carbocycles. The van der Waals surface area contributed by atoms with Gasteiger partial charge in [-0.2, -0.15) is 0 Å². The summed E-state index contributed by atoms with van der Waals surface area (Å²) in [4.78, 5) is 15.5. The largest absolute Gasteiger partial charge is 0.358 e. The Morgan fingerprint density at radius 2 is 1.76 bits per heavy atom. The second kappa shape index (κ2) is 4.35. The van der Waals surface area contributed by atoms with E-state index in [4.69, 9.17) is 23.2 Å². The van der Waals surface area contributed by atoms with Gasteiger partial charge in [0.1, 0.15) is 0 Å². The number of hydrogen-bond acceptors (Lipinski definition) is 1. The Kier molecular flexibility index (Phi) is 3.19. The van der Waals surface area contributed by atoms with Crippen LogP contribution >= 0.6 is 23.2 Å². The molecule has 0 unspecified atom stereocenters. The minimum atomic E-state index is 0.0148. The molecule has 1 aromatic heterocycles. The molecular weight excluding hydrogens is 257 g/mol. The predicted molar refractivity (Wildman–Crippen MR) is 73.4 cm³/mol. The highest BCUT2D eigenvalue weighted by Gasteiger charge is 2.12. The molecule has 0 radical (unpaired) electrons. The van der Waals surface area contributed by atoms with Crippen molar-refractivity contribution >= 4 is 34.1 Å². The smallest absolute Gasteiger partial charge is 0.192 e. The van der Waals surface area contributed by atoms with Crippen LogP contribution in [0.15, 0.2) is 16.9 Å². The summed E-state index contributed by atoms with van der Waals surface area (Å²) in [5.41, 5.74) is 2.44. The third kappa shape index (κ3) is 2.07. The summed E-state index contributed by atoms with van der Waals surface area (Å²) in [6, 6.07) is 3.32. The number of halogens is 2. The van der Waals surface area contributed by atoms with Gasteiger partial charge in [0.2, 0.25) is 0 Å². The fourth-order valence-electron chi connectivity index (χ4n) is 1.98. The summed E-state index contributed by atoms with van der Waals surface area (Å²) in [7, 11) is 0. The van der Waals surface area contributed by atoms with E-state index in [-0.39, 0.29) is 11.3 Å². The maximum atomic E-state index is 12.2. The van der Waals surface area contributed by atoms with E-state index in [9.17, 15) is 4.79 Å². The van der Waals surface area contributed by atoms with Gasteiger partial charge in [-0.3, -0.25) is 4.79 Å². The van der Waals surface area contributed by atoms with Crippen molar-refractivity contribution in [3.05, 3.63) is 43.7 Å². The maximum Gasteiger partial charge on any atom is 0.192 e. The molecule has 1 aromatic carbocycles. The second-order valence-corrected chi connectivity index (χ2v) is 5.27. The first-order valence-corrected chi connectivity index (χ1v) is 6.19. The summed E-state index contributed by atoms with van der Waals surface area (Å²) in [5.74, 6) is 0.265. The summed E-state index contributed by atoms with van der Waals surface area (Å²) >= 11 is 11.9. The lowest BCUT2D eigenvalue weighted by Crippen LogP contribution is -2.12. The number of fused-ring (bicyclic) bond motifs is 1. The number of rotatable bonds is 1. The summed E-state index contributed by atoms with van der Waals surface area (Å²) in [6.45, 7) is 5.92. The molecule has 0 fully saturated rings. The number of pyridine rings is 1. The average molecular weight is 270 g/mol. The minimum absolute atomic E-state index is 0.0148. The van der Waals surface area contributed by atoms with Gasteiger partial charge in [0, 0.05) is 16.6 Å². The molecule has 0 saturated heterocycles. The molecular formula is C13H13Cl2NO. The standard InChI is InChI=1S/C13H13Cl2NO/c1-6(2)12-7(3)13(17)8-4-9(14)10(15)5-11(8)16-12/h4-6H,1-3H3,(H,16,17). The van der Waals surface area contributed by atoms with Gasteiger partial charge in [0.15, 0.2) is 5.43 Å². The Morgan fingerprint density at radius 1 is 1.18 bits per heavy atom. The van der Waals surface area contributed by atoms with Crippen LogP contribution in [-0.2, 0) is 0 Å². The molecule has 0 amide bonds. The highest BCUT2D eigenvalue weighted by atomic mass is 35.5. The van der Waals surface area contributed by atoms with E-state index >= 15 is 0 Å². The lowest BCUT2D eigenvalue weighted by molar-refractivity contribution is 0.816. The van der Waals surface area contributed by atoms with Gasteiger partial charge in [0.05, 0.1) is 15.6 Å². The molecule has 0 aliphatic heterocycles. The van der Waals surface area contributed by atoms with Crippen molar-refractivity contribution in [2.45, 2.75) is 26.7 Å². The van der Waals surface area contributed by atoms with Crippen LogP contribution in [0.25, 0.3) is 10.9 Å². The first kappa shape index (κ1) is 12.5. The second-order valence-electron chi connectivity index (χ2n) is 4.46. The van der Waals surface area contributed by atoms with Crippen LogP contribution < -0.4 is 5.43 Å². The Morgan fingerprint density at radius 3 is 2.35 bits per heavy atom. The first-order valence-electron chi connectivity index (χ1n) is 5.43. The third-order valence-electron chi connectivity index (χ3n) is 2.90. The van der Waals surface area contributed by atoms with Gasteiger partial charge in [0.25, 0.3) is 0 Å². The van der Waals surface area contributed by atoms with Gasteiger partial charge in [-0.25, -0.2) is 0 Å². The molecule has 4 heteroatoms. The number of benzene rings is 1. The molecule has 0 aliphatic rings. The minimum Gasteiger partial charge on any atom is -0.358 e. The monoisotopic (exact) mass is 269 g/mol. The number of aromatic amines is 1.